The van der Waals surface area contributed by atoms with Crippen molar-refractivity contribution in [1.82, 2.24) is 0 Å². The Balaban J connectivity index is 2.33. The molecule has 2 aromatic rings. The zero-order chi connectivity index (χ0) is 14.2. The van der Waals surface area contributed by atoms with Crippen molar-refractivity contribution in [3.05, 3.63) is 71.8 Å². The second-order valence-corrected chi connectivity index (χ2v) is 5.45. The molecule has 0 fully saturated rings. The minimum atomic E-state index is 0.496. The predicted molar refractivity (Wildman–Crippen MR) is 85.7 cm³/mol. The normalized spacial score (nSPS) is 12.6. The highest BCUT2D eigenvalue weighted by atomic mass is 14.3. The van der Waals surface area contributed by atoms with Gasteiger partial charge in [-0.1, -0.05) is 81.6 Å². The van der Waals surface area contributed by atoms with Crippen molar-refractivity contribution in [3.8, 4) is 0 Å². The molecule has 2 aromatic carbocycles. The molecule has 1 atom stereocenters. The van der Waals surface area contributed by atoms with E-state index in [9.17, 15) is 0 Å². The van der Waals surface area contributed by atoms with E-state index >= 15 is 0 Å². The van der Waals surface area contributed by atoms with Gasteiger partial charge in [0.25, 0.3) is 0 Å². The van der Waals surface area contributed by atoms with Crippen LogP contribution in [-0.2, 0) is 0 Å². The van der Waals surface area contributed by atoms with Crippen molar-refractivity contribution in [2.45, 2.75) is 45.4 Å². The van der Waals surface area contributed by atoms with Gasteiger partial charge >= 0.3 is 0 Å². The van der Waals surface area contributed by atoms with Gasteiger partial charge in [-0.3, -0.25) is 0 Å². The lowest BCUT2D eigenvalue weighted by Gasteiger charge is -2.27. The first-order valence-corrected chi connectivity index (χ1v) is 7.78. The SMILES string of the molecule is CCCCC(CC)C(c1cc[c]cc1)c1cc[c]cc1. The van der Waals surface area contributed by atoms with Gasteiger partial charge in [-0.05, 0) is 35.6 Å². The monoisotopic (exact) mass is 264 g/mol. The Bertz CT molecular complexity index is 432. The molecule has 0 saturated heterocycles. The van der Waals surface area contributed by atoms with E-state index in [4.69, 9.17) is 0 Å². The summed E-state index contributed by atoms with van der Waals surface area (Å²) in [5.41, 5.74) is 2.83. The summed E-state index contributed by atoms with van der Waals surface area (Å²) in [7, 11) is 0. The molecule has 0 nitrogen and oxygen atoms in total. The second kappa shape index (κ2) is 7.89. The lowest BCUT2D eigenvalue weighted by Crippen LogP contribution is -2.14. The van der Waals surface area contributed by atoms with Gasteiger partial charge in [-0.2, -0.15) is 0 Å². The molecule has 1 unspecified atom stereocenters. The van der Waals surface area contributed by atoms with Gasteiger partial charge in [-0.25, -0.2) is 0 Å². The van der Waals surface area contributed by atoms with Crippen LogP contribution in [0.5, 0.6) is 0 Å². The summed E-state index contributed by atoms with van der Waals surface area (Å²) in [6.07, 6.45) is 5.11. The van der Waals surface area contributed by atoms with E-state index in [1.54, 1.807) is 0 Å². The largest absolute Gasteiger partial charge is 0.0654 e. The number of benzene rings is 2. The summed E-state index contributed by atoms with van der Waals surface area (Å²) < 4.78 is 0. The molecule has 2 radical (unpaired) electrons. The molecule has 0 N–H and O–H groups in total. The maximum atomic E-state index is 3.13. The van der Waals surface area contributed by atoms with Gasteiger partial charge in [0, 0.05) is 5.92 Å². The molecule has 0 spiro atoms. The van der Waals surface area contributed by atoms with Gasteiger partial charge in [0.2, 0.25) is 0 Å². The Morgan fingerprint density at radius 3 is 1.75 bits per heavy atom. The van der Waals surface area contributed by atoms with Crippen molar-refractivity contribution in [2.24, 2.45) is 5.92 Å². The Hall–Kier alpha value is -1.56. The zero-order valence-corrected chi connectivity index (χ0v) is 12.6. The molecule has 0 aliphatic carbocycles. The van der Waals surface area contributed by atoms with Gasteiger partial charge < -0.3 is 0 Å². The maximum absolute atomic E-state index is 3.13. The predicted octanol–water partition coefficient (Wildman–Crippen LogP) is 5.64. The summed E-state index contributed by atoms with van der Waals surface area (Å²) in [4.78, 5) is 0. The van der Waals surface area contributed by atoms with Crippen molar-refractivity contribution >= 4 is 0 Å². The third kappa shape index (κ3) is 3.72. The fraction of sp³-hybridized carbons (Fsp3) is 0.400. The van der Waals surface area contributed by atoms with Crippen LogP contribution >= 0.6 is 0 Å². The van der Waals surface area contributed by atoms with Crippen molar-refractivity contribution < 1.29 is 0 Å². The van der Waals surface area contributed by atoms with Gasteiger partial charge in [0.15, 0.2) is 0 Å². The minimum Gasteiger partial charge on any atom is -0.0654 e. The van der Waals surface area contributed by atoms with E-state index in [0.29, 0.717) is 11.8 Å². The lowest BCUT2D eigenvalue weighted by atomic mass is 9.77. The molecule has 0 heterocycles. The Morgan fingerprint density at radius 1 is 0.850 bits per heavy atom. The first kappa shape index (κ1) is 14.8. The lowest BCUT2D eigenvalue weighted by molar-refractivity contribution is 0.406. The van der Waals surface area contributed by atoms with Gasteiger partial charge in [0.1, 0.15) is 0 Å². The quantitative estimate of drug-likeness (QED) is 0.607. The van der Waals surface area contributed by atoms with E-state index in [2.05, 4.69) is 50.2 Å². The van der Waals surface area contributed by atoms with Crippen LogP contribution in [0.4, 0.5) is 0 Å². The Morgan fingerprint density at radius 2 is 1.35 bits per heavy atom. The van der Waals surface area contributed by atoms with Crippen LogP contribution in [-0.4, -0.2) is 0 Å². The van der Waals surface area contributed by atoms with E-state index < -0.39 is 0 Å². The summed E-state index contributed by atoms with van der Waals surface area (Å²) >= 11 is 0. The molecule has 0 heteroatoms. The maximum Gasteiger partial charge on any atom is 0.0117 e. The molecule has 0 amide bonds. The molecule has 0 aliphatic rings. The van der Waals surface area contributed by atoms with Crippen LogP contribution in [0.25, 0.3) is 0 Å². The molecule has 20 heavy (non-hydrogen) atoms. The highest BCUT2D eigenvalue weighted by molar-refractivity contribution is 5.32. The molecular weight excluding hydrogens is 240 g/mol. The number of unbranched alkanes of at least 4 members (excludes halogenated alkanes) is 1. The highest BCUT2D eigenvalue weighted by Gasteiger charge is 2.22. The van der Waals surface area contributed by atoms with Gasteiger partial charge in [-0.15, -0.1) is 0 Å². The van der Waals surface area contributed by atoms with Crippen LogP contribution in [0.1, 0.15) is 56.6 Å². The van der Waals surface area contributed by atoms with E-state index in [1.807, 2.05) is 24.3 Å². The first-order chi connectivity index (χ1) is 9.86. The molecule has 104 valence electrons. The molecule has 0 aliphatic heterocycles. The second-order valence-electron chi connectivity index (χ2n) is 5.45. The minimum absolute atomic E-state index is 0.496. The number of hydrogen-bond donors (Lipinski definition) is 0. The third-order valence-electron chi connectivity index (χ3n) is 4.13. The summed E-state index contributed by atoms with van der Waals surface area (Å²) in [5.74, 6) is 1.20. The molecule has 0 saturated carbocycles. The van der Waals surface area contributed by atoms with E-state index in [0.717, 1.165) is 0 Å². The molecule has 0 aromatic heterocycles. The topological polar surface area (TPSA) is 0 Å². The van der Waals surface area contributed by atoms with E-state index in [1.165, 1.54) is 36.8 Å². The first-order valence-electron chi connectivity index (χ1n) is 7.78. The fourth-order valence-corrected chi connectivity index (χ4v) is 3.02. The summed E-state index contributed by atoms with van der Waals surface area (Å²) in [5, 5.41) is 0. The average Bonchev–Trinajstić information content (AvgIpc) is 2.53. The fourth-order valence-electron chi connectivity index (χ4n) is 3.02. The van der Waals surface area contributed by atoms with Crippen LogP contribution < -0.4 is 0 Å². The van der Waals surface area contributed by atoms with Crippen LogP contribution in [0, 0.1) is 18.1 Å². The highest BCUT2D eigenvalue weighted by Crippen LogP contribution is 2.36. The third-order valence-corrected chi connectivity index (χ3v) is 4.13. The van der Waals surface area contributed by atoms with Crippen molar-refractivity contribution in [1.29, 1.82) is 0 Å². The van der Waals surface area contributed by atoms with Crippen molar-refractivity contribution in [3.63, 3.8) is 0 Å². The van der Waals surface area contributed by atoms with Crippen LogP contribution in [0.3, 0.4) is 0 Å². The number of rotatable bonds is 7. The molecule has 2 rings (SSSR count). The zero-order valence-electron chi connectivity index (χ0n) is 12.6. The standard InChI is InChI=1S/C20H24/c1-3-5-12-17(4-2)20(18-13-8-6-9-14-18)19-15-10-7-11-16-19/h8-11,13-17,20H,3-5,12H2,1-2H3. The van der Waals surface area contributed by atoms with Crippen LogP contribution in [0.2, 0.25) is 0 Å². The van der Waals surface area contributed by atoms with E-state index in [-0.39, 0.29) is 0 Å². The summed E-state index contributed by atoms with van der Waals surface area (Å²) in [6, 6.07) is 23.3. The Labute approximate surface area is 123 Å². The summed E-state index contributed by atoms with van der Waals surface area (Å²) in [6.45, 7) is 4.59. The smallest absolute Gasteiger partial charge is 0.0117 e. The van der Waals surface area contributed by atoms with Gasteiger partial charge in [0.05, 0.1) is 0 Å². The Kier molecular flexibility index (Phi) is 5.86. The average molecular weight is 264 g/mol. The number of hydrogen-bond acceptors (Lipinski definition) is 0. The molecular formula is C20H24. The molecule has 0 bridgehead atoms. The van der Waals surface area contributed by atoms with Crippen molar-refractivity contribution in [2.75, 3.05) is 0 Å². The van der Waals surface area contributed by atoms with Crippen LogP contribution in [0.15, 0.2) is 48.5 Å².